The predicted molar refractivity (Wildman–Crippen MR) is 117 cm³/mol. The average Bonchev–Trinajstić information content (AvgIpc) is 2.77. The van der Waals surface area contributed by atoms with Crippen molar-refractivity contribution in [2.75, 3.05) is 39.3 Å². The number of likely N-dealkylation sites (tertiary alicyclic amines) is 1. The molecule has 3 amide bonds. The summed E-state index contributed by atoms with van der Waals surface area (Å²) in [6.07, 6.45) is -0.157. The number of benzene rings is 1. The molecule has 0 aromatic heterocycles. The number of piperidine rings is 1. The fourth-order valence-electron chi connectivity index (χ4n) is 3.58. The monoisotopic (exact) mass is 447 g/mol. The summed E-state index contributed by atoms with van der Waals surface area (Å²) in [5.74, 6) is 0. The lowest BCUT2D eigenvalue weighted by Crippen LogP contribution is -2.52. The molecule has 2 fully saturated rings. The Kier molecular flexibility index (Phi) is 7.82. The van der Waals surface area contributed by atoms with Crippen molar-refractivity contribution in [2.24, 2.45) is 0 Å². The van der Waals surface area contributed by atoms with Crippen LogP contribution in [0.5, 0.6) is 0 Å². The van der Waals surface area contributed by atoms with E-state index in [0.717, 1.165) is 5.56 Å². The van der Waals surface area contributed by atoms with Gasteiger partial charge >= 0.3 is 18.3 Å². The van der Waals surface area contributed by atoms with Crippen molar-refractivity contribution in [3.63, 3.8) is 0 Å². The molecule has 0 aliphatic carbocycles. The molecule has 1 aromatic rings. The zero-order valence-corrected chi connectivity index (χ0v) is 19.1. The lowest BCUT2D eigenvalue weighted by Gasteiger charge is -2.36. The Hall–Kier alpha value is -2.97. The van der Waals surface area contributed by atoms with Crippen molar-refractivity contribution in [1.29, 1.82) is 0 Å². The van der Waals surface area contributed by atoms with E-state index in [1.54, 1.807) is 14.7 Å². The normalized spacial score (nSPS) is 17.7. The minimum absolute atomic E-state index is 0.226. The van der Waals surface area contributed by atoms with Crippen molar-refractivity contribution >= 4 is 18.3 Å². The van der Waals surface area contributed by atoms with Gasteiger partial charge in [-0.05, 0) is 26.3 Å². The third-order valence-electron chi connectivity index (χ3n) is 5.36. The first-order chi connectivity index (χ1) is 15.2. The number of rotatable bonds is 3. The topological polar surface area (TPSA) is 88.6 Å². The molecule has 9 nitrogen and oxygen atoms in total. The van der Waals surface area contributed by atoms with Crippen molar-refractivity contribution < 1.29 is 28.6 Å². The van der Waals surface area contributed by atoms with Crippen molar-refractivity contribution in [3.05, 3.63) is 35.9 Å². The van der Waals surface area contributed by atoms with Crippen LogP contribution in [-0.4, -0.2) is 84.0 Å². The van der Waals surface area contributed by atoms with E-state index in [0.29, 0.717) is 52.1 Å². The third-order valence-corrected chi connectivity index (χ3v) is 5.36. The fourth-order valence-corrected chi connectivity index (χ4v) is 3.58. The van der Waals surface area contributed by atoms with Gasteiger partial charge < -0.3 is 28.9 Å². The van der Waals surface area contributed by atoms with E-state index in [-0.39, 0.29) is 31.0 Å². The molecule has 2 aliphatic heterocycles. The van der Waals surface area contributed by atoms with Gasteiger partial charge in [-0.3, -0.25) is 0 Å². The van der Waals surface area contributed by atoms with Gasteiger partial charge in [-0.25, -0.2) is 14.4 Å². The summed E-state index contributed by atoms with van der Waals surface area (Å²) in [4.78, 5) is 41.8. The van der Waals surface area contributed by atoms with Crippen LogP contribution in [0.1, 0.15) is 39.2 Å². The molecular formula is C23H33N3O6. The van der Waals surface area contributed by atoms with Gasteiger partial charge in [0.05, 0.1) is 0 Å². The maximum absolute atomic E-state index is 12.5. The zero-order valence-electron chi connectivity index (χ0n) is 19.1. The second-order valence-electron chi connectivity index (χ2n) is 9.06. The predicted octanol–water partition coefficient (Wildman–Crippen LogP) is 3.48. The lowest BCUT2D eigenvalue weighted by atomic mass is 10.1. The molecule has 2 heterocycles. The van der Waals surface area contributed by atoms with Gasteiger partial charge in [-0.15, -0.1) is 0 Å². The number of carbonyl (C=O) groups is 3. The Morgan fingerprint density at radius 3 is 1.91 bits per heavy atom. The molecule has 3 rings (SSSR count). The highest BCUT2D eigenvalue weighted by Crippen LogP contribution is 2.18. The molecule has 176 valence electrons. The van der Waals surface area contributed by atoms with E-state index in [4.69, 9.17) is 14.2 Å². The Morgan fingerprint density at radius 1 is 0.812 bits per heavy atom. The quantitative estimate of drug-likeness (QED) is 0.659. The van der Waals surface area contributed by atoms with Crippen LogP contribution in [0.4, 0.5) is 14.4 Å². The Balaban J connectivity index is 1.35. The molecule has 0 bridgehead atoms. The van der Waals surface area contributed by atoms with Crippen molar-refractivity contribution in [2.45, 2.75) is 51.9 Å². The summed E-state index contributed by atoms with van der Waals surface area (Å²) in [6, 6.07) is 9.51. The van der Waals surface area contributed by atoms with Crippen LogP contribution in [0.25, 0.3) is 0 Å². The van der Waals surface area contributed by atoms with Crippen LogP contribution in [0.15, 0.2) is 30.3 Å². The zero-order chi connectivity index (χ0) is 23.1. The maximum atomic E-state index is 12.5. The van der Waals surface area contributed by atoms with Gasteiger partial charge in [0, 0.05) is 52.1 Å². The number of ether oxygens (including phenoxy) is 3. The van der Waals surface area contributed by atoms with Gasteiger partial charge in [-0.1, -0.05) is 30.3 Å². The summed E-state index contributed by atoms with van der Waals surface area (Å²) >= 11 is 0. The first-order valence-electron chi connectivity index (χ1n) is 11.1. The van der Waals surface area contributed by atoms with E-state index in [1.165, 1.54) is 0 Å². The minimum Gasteiger partial charge on any atom is -0.446 e. The standard InChI is InChI=1S/C23H33N3O6/c1-23(2,3)32-22(29)24-11-9-19(10-12-24)31-21(28)26-15-13-25(14-16-26)20(27)30-17-18-7-5-4-6-8-18/h4-8,19H,9-17H2,1-3H3. The largest absolute Gasteiger partial charge is 0.446 e. The van der Waals surface area contributed by atoms with Crippen molar-refractivity contribution in [1.82, 2.24) is 14.7 Å². The second kappa shape index (κ2) is 10.6. The second-order valence-corrected chi connectivity index (χ2v) is 9.06. The molecule has 0 saturated carbocycles. The van der Waals surface area contributed by atoms with Crippen LogP contribution >= 0.6 is 0 Å². The van der Waals surface area contributed by atoms with E-state index >= 15 is 0 Å². The van der Waals surface area contributed by atoms with E-state index in [1.807, 2.05) is 51.1 Å². The van der Waals surface area contributed by atoms with E-state index in [9.17, 15) is 14.4 Å². The highest BCUT2D eigenvalue weighted by atomic mass is 16.6. The number of amides is 3. The van der Waals surface area contributed by atoms with Crippen LogP contribution < -0.4 is 0 Å². The summed E-state index contributed by atoms with van der Waals surface area (Å²) in [7, 11) is 0. The van der Waals surface area contributed by atoms with Gasteiger partial charge in [0.1, 0.15) is 18.3 Å². The number of carbonyl (C=O) groups excluding carboxylic acids is 3. The third kappa shape index (κ3) is 7.03. The average molecular weight is 448 g/mol. The van der Waals surface area contributed by atoms with Gasteiger partial charge in [0.15, 0.2) is 0 Å². The molecule has 32 heavy (non-hydrogen) atoms. The maximum Gasteiger partial charge on any atom is 0.410 e. The van der Waals surface area contributed by atoms with Gasteiger partial charge in [0.25, 0.3) is 0 Å². The van der Waals surface area contributed by atoms with Crippen LogP contribution in [0.2, 0.25) is 0 Å². The van der Waals surface area contributed by atoms with Crippen LogP contribution in [0.3, 0.4) is 0 Å². The number of hydrogen-bond donors (Lipinski definition) is 0. The fraction of sp³-hybridized carbons (Fsp3) is 0.609. The van der Waals surface area contributed by atoms with Crippen molar-refractivity contribution in [3.8, 4) is 0 Å². The molecule has 0 radical (unpaired) electrons. The summed E-state index contributed by atoms with van der Waals surface area (Å²) in [5.41, 5.74) is 0.400. The van der Waals surface area contributed by atoms with Gasteiger partial charge in [-0.2, -0.15) is 0 Å². The number of nitrogens with zero attached hydrogens (tertiary/aromatic N) is 3. The van der Waals surface area contributed by atoms with Gasteiger partial charge in [0.2, 0.25) is 0 Å². The summed E-state index contributed by atoms with van der Waals surface area (Å²) < 4.78 is 16.4. The molecule has 2 aliphatic rings. The van der Waals surface area contributed by atoms with Crippen LogP contribution in [-0.2, 0) is 20.8 Å². The Morgan fingerprint density at radius 2 is 1.34 bits per heavy atom. The Bertz CT molecular complexity index is 779. The summed E-state index contributed by atoms with van der Waals surface area (Å²) in [6.45, 7) is 8.32. The molecule has 0 unspecified atom stereocenters. The first-order valence-corrected chi connectivity index (χ1v) is 11.1. The smallest absolute Gasteiger partial charge is 0.410 e. The SMILES string of the molecule is CC(C)(C)OC(=O)N1CCC(OC(=O)N2CCN(C(=O)OCc3ccccc3)CC2)CC1. The summed E-state index contributed by atoms with van der Waals surface area (Å²) in [5, 5.41) is 0. The lowest BCUT2D eigenvalue weighted by molar-refractivity contribution is -0.00217. The molecular weight excluding hydrogens is 414 g/mol. The highest BCUT2D eigenvalue weighted by molar-refractivity contribution is 5.70. The molecule has 0 spiro atoms. The number of piperazine rings is 1. The molecule has 0 atom stereocenters. The van der Waals surface area contributed by atoms with Crippen LogP contribution in [0, 0.1) is 0 Å². The first kappa shape index (κ1) is 23.7. The van der Waals surface area contributed by atoms with E-state index in [2.05, 4.69) is 0 Å². The molecule has 9 heteroatoms. The molecule has 1 aromatic carbocycles. The number of hydrogen-bond acceptors (Lipinski definition) is 6. The highest BCUT2D eigenvalue weighted by Gasteiger charge is 2.31. The van der Waals surface area contributed by atoms with E-state index < -0.39 is 5.60 Å². The Labute approximate surface area is 189 Å². The minimum atomic E-state index is -0.531. The molecule has 2 saturated heterocycles. The molecule has 0 N–H and O–H groups in total.